The lowest BCUT2D eigenvalue weighted by Gasteiger charge is -2.23. The van der Waals surface area contributed by atoms with Crippen LogP contribution in [-0.4, -0.2) is 21.0 Å². The predicted octanol–water partition coefficient (Wildman–Crippen LogP) is 5.79. The molecule has 0 unspecified atom stereocenters. The number of pyridine rings is 1. The minimum Gasteiger partial charge on any atom is -0.351 e. The second-order valence-corrected chi connectivity index (χ2v) is 7.62. The first-order chi connectivity index (χ1) is 13.3. The number of rotatable bonds is 5. The topological polar surface area (TPSA) is 62.7 Å². The quantitative estimate of drug-likeness (QED) is 0.543. The number of para-hydroxylation sites is 1. The molecule has 0 atom stereocenters. The van der Waals surface area contributed by atoms with E-state index < -0.39 is 0 Å². The lowest BCUT2D eigenvalue weighted by molar-refractivity contribution is 0.461. The van der Waals surface area contributed by atoms with Crippen LogP contribution in [0.15, 0.2) is 59.2 Å². The Morgan fingerprint density at radius 1 is 0.889 bits per heavy atom. The van der Waals surface area contributed by atoms with Crippen molar-refractivity contribution in [3.05, 3.63) is 59.2 Å². The third kappa shape index (κ3) is 4.63. The number of nitrogens with zero attached hydrogens (tertiary/aromatic N) is 3. The average molecular weight is 424 g/mol. The molecule has 0 amide bonds. The molecule has 1 aliphatic rings. The van der Waals surface area contributed by atoms with E-state index in [2.05, 4.69) is 31.5 Å². The zero-order chi connectivity index (χ0) is 18.5. The Morgan fingerprint density at radius 2 is 1.70 bits per heavy atom. The van der Waals surface area contributed by atoms with Gasteiger partial charge in [-0.1, -0.05) is 37.5 Å². The standard InChI is InChI=1S/C21H22BrN5/c22-16-10-4-5-11-17(16)25-20-14-19(18-12-6-7-13-23-18)26-21(27-20)24-15-8-2-1-3-9-15/h4-7,10-15H,1-3,8-9H2,(H2,24,25,26,27). The van der Waals surface area contributed by atoms with Gasteiger partial charge in [0, 0.05) is 22.8 Å². The van der Waals surface area contributed by atoms with Gasteiger partial charge in [-0.15, -0.1) is 0 Å². The highest BCUT2D eigenvalue weighted by molar-refractivity contribution is 9.10. The Bertz CT molecular complexity index is 894. The number of anilines is 3. The first-order valence-corrected chi connectivity index (χ1v) is 10.2. The molecule has 4 rings (SSSR count). The van der Waals surface area contributed by atoms with Gasteiger partial charge >= 0.3 is 0 Å². The van der Waals surface area contributed by atoms with Crippen molar-refractivity contribution in [3.63, 3.8) is 0 Å². The van der Waals surface area contributed by atoms with Crippen LogP contribution in [0.2, 0.25) is 0 Å². The molecule has 0 spiro atoms. The monoisotopic (exact) mass is 423 g/mol. The van der Waals surface area contributed by atoms with Gasteiger partial charge in [0.1, 0.15) is 5.82 Å². The molecule has 2 heterocycles. The molecule has 5 nitrogen and oxygen atoms in total. The zero-order valence-electron chi connectivity index (χ0n) is 15.0. The van der Waals surface area contributed by atoms with Crippen LogP contribution in [0.3, 0.4) is 0 Å². The summed E-state index contributed by atoms with van der Waals surface area (Å²) >= 11 is 3.58. The molecular weight excluding hydrogens is 402 g/mol. The van der Waals surface area contributed by atoms with E-state index >= 15 is 0 Å². The molecule has 1 fully saturated rings. The van der Waals surface area contributed by atoms with Crippen LogP contribution < -0.4 is 10.6 Å². The molecule has 0 saturated heterocycles. The maximum atomic E-state index is 4.73. The van der Waals surface area contributed by atoms with Crippen LogP contribution in [-0.2, 0) is 0 Å². The summed E-state index contributed by atoms with van der Waals surface area (Å²) in [5.41, 5.74) is 2.60. The van der Waals surface area contributed by atoms with Crippen LogP contribution in [0, 0.1) is 0 Å². The van der Waals surface area contributed by atoms with Crippen molar-refractivity contribution >= 4 is 33.4 Å². The van der Waals surface area contributed by atoms with E-state index in [0.717, 1.165) is 27.4 Å². The summed E-state index contributed by atoms with van der Waals surface area (Å²) in [6.07, 6.45) is 7.97. The minimum atomic E-state index is 0.439. The van der Waals surface area contributed by atoms with E-state index in [-0.39, 0.29) is 0 Å². The summed E-state index contributed by atoms with van der Waals surface area (Å²) in [6, 6.07) is 16.2. The fraction of sp³-hybridized carbons (Fsp3) is 0.286. The highest BCUT2D eigenvalue weighted by Crippen LogP contribution is 2.28. The van der Waals surface area contributed by atoms with Gasteiger partial charge in [-0.25, -0.2) is 4.98 Å². The molecule has 0 aliphatic heterocycles. The Kier molecular flexibility index (Phi) is 5.63. The molecule has 27 heavy (non-hydrogen) atoms. The minimum absolute atomic E-state index is 0.439. The van der Waals surface area contributed by atoms with Crippen LogP contribution in [0.5, 0.6) is 0 Å². The SMILES string of the molecule is Brc1ccccc1Nc1cc(-c2ccccn2)nc(NC2CCCCC2)n1. The molecular formula is C21H22BrN5. The summed E-state index contributed by atoms with van der Waals surface area (Å²) in [4.78, 5) is 13.9. The third-order valence-electron chi connectivity index (χ3n) is 4.73. The zero-order valence-corrected chi connectivity index (χ0v) is 16.6. The number of benzene rings is 1. The number of nitrogens with one attached hydrogen (secondary N) is 2. The van der Waals surface area contributed by atoms with E-state index in [1.807, 2.05) is 48.5 Å². The predicted molar refractivity (Wildman–Crippen MR) is 113 cm³/mol. The van der Waals surface area contributed by atoms with Gasteiger partial charge in [-0.05, 0) is 53.0 Å². The molecule has 1 aliphatic carbocycles. The smallest absolute Gasteiger partial charge is 0.225 e. The van der Waals surface area contributed by atoms with Crippen LogP contribution in [0.25, 0.3) is 11.4 Å². The average Bonchev–Trinajstić information content (AvgIpc) is 2.71. The third-order valence-corrected chi connectivity index (χ3v) is 5.42. The van der Waals surface area contributed by atoms with Crippen LogP contribution in [0.4, 0.5) is 17.5 Å². The Hall–Kier alpha value is -2.47. The van der Waals surface area contributed by atoms with E-state index in [1.54, 1.807) is 6.20 Å². The largest absolute Gasteiger partial charge is 0.351 e. The van der Waals surface area contributed by atoms with Crippen molar-refractivity contribution in [3.8, 4) is 11.4 Å². The number of hydrogen-bond acceptors (Lipinski definition) is 5. The summed E-state index contributed by atoms with van der Waals surface area (Å²) in [5.74, 6) is 1.40. The van der Waals surface area contributed by atoms with E-state index in [0.29, 0.717) is 12.0 Å². The molecule has 6 heteroatoms. The van der Waals surface area contributed by atoms with E-state index in [4.69, 9.17) is 9.97 Å². The highest BCUT2D eigenvalue weighted by atomic mass is 79.9. The van der Waals surface area contributed by atoms with Crippen molar-refractivity contribution < 1.29 is 0 Å². The maximum absolute atomic E-state index is 4.73. The van der Waals surface area contributed by atoms with Crippen molar-refractivity contribution in [2.75, 3.05) is 10.6 Å². The van der Waals surface area contributed by atoms with E-state index in [1.165, 1.54) is 32.1 Å². The summed E-state index contributed by atoms with van der Waals surface area (Å²) in [5, 5.41) is 6.92. The van der Waals surface area contributed by atoms with Crippen molar-refractivity contribution in [1.82, 2.24) is 15.0 Å². The van der Waals surface area contributed by atoms with Crippen molar-refractivity contribution in [2.24, 2.45) is 0 Å². The molecule has 0 bridgehead atoms. The molecule has 0 radical (unpaired) electrons. The Labute approximate surface area is 167 Å². The number of hydrogen-bond donors (Lipinski definition) is 2. The number of aromatic nitrogens is 3. The van der Waals surface area contributed by atoms with Gasteiger partial charge < -0.3 is 10.6 Å². The lowest BCUT2D eigenvalue weighted by atomic mass is 9.96. The first-order valence-electron chi connectivity index (χ1n) is 9.36. The number of halogens is 1. The normalized spacial score (nSPS) is 14.7. The second kappa shape index (κ2) is 8.48. The Balaban J connectivity index is 1.66. The molecule has 1 aromatic carbocycles. The fourth-order valence-corrected chi connectivity index (χ4v) is 3.74. The molecule has 2 aromatic heterocycles. The first kappa shape index (κ1) is 17.9. The van der Waals surface area contributed by atoms with Crippen LogP contribution in [0.1, 0.15) is 32.1 Å². The summed E-state index contributed by atoms with van der Waals surface area (Å²) in [6.45, 7) is 0. The van der Waals surface area contributed by atoms with Gasteiger partial charge in [0.25, 0.3) is 0 Å². The van der Waals surface area contributed by atoms with Crippen LogP contribution >= 0.6 is 15.9 Å². The molecule has 2 N–H and O–H groups in total. The van der Waals surface area contributed by atoms with Crippen molar-refractivity contribution in [2.45, 2.75) is 38.1 Å². The Morgan fingerprint density at radius 3 is 2.48 bits per heavy atom. The van der Waals surface area contributed by atoms with Gasteiger partial charge in [0.2, 0.25) is 5.95 Å². The van der Waals surface area contributed by atoms with E-state index in [9.17, 15) is 0 Å². The van der Waals surface area contributed by atoms with Crippen molar-refractivity contribution in [1.29, 1.82) is 0 Å². The molecule has 3 aromatic rings. The maximum Gasteiger partial charge on any atom is 0.225 e. The second-order valence-electron chi connectivity index (χ2n) is 6.76. The van der Waals surface area contributed by atoms with Gasteiger partial charge in [0.05, 0.1) is 17.1 Å². The summed E-state index contributed by atoms with van der Waals surface area (Å²) < 4.78 is 0.991. The lowest BCUT2D eigenvalue weighted by Crippen LogP contribution is -2.23. The molecule has 138 valence electrons. The fourth-order valence-electron chi connectivity index (χ4n) is 3.35. The van der Waals surface area contributed by atoms with Gasteiger partial charge in [-0.3, -0.25) is 4.98 Å². The van der Waals surface area contributed by atoms with Gasteiger partial charge in [-0.2, -0.15) is 4.98 Å². The molecule has 1 saturated carbocycles. The van der Waals surface area contributed by atoms with Gasteiger partial charge in [0.15, 0.2) is 0 Å². The highest BCUT2D eigenvalue weighted by Gasteiger charge is 2.16. The summed E-state index contributed by atoms with van der Waals surface area (Å²) in [7, 11) is 0.